The first-order chi connectivity index (χ1) is 13.1. The Kier molecular flexibility index (Phi) is 4.48. The number of aromatic nitrogens is 2. The molecule has 2 N–H and O–H groups in total. The quantitative estimate of drug-likeness (QED) is 0.742. The Morgan fingerprint density at radius 3 is 2.79 bits per heavy atom. The molecule has 2 aliphatic heterocycles. The van der Waals surface area contributed by atoms with Crippen LogP contribution >= 0.6 is 11.6 Å². The molecule has 2 aromatic rings. The van der Waals surface area contributed by atoms with E-state index in [0.29, 0.717) is 25.1 Å². The predicted molar refractivity (Wildman–Crippen MR) is 99.5 cm³/mol. The Balaban J connectivity index is 2.11. The third kappa shape index (κ3) is 3.09. The zero-order valence-electron chi connectivity index (χ0n) is 14.8. The van der Waals surface area contributed by atoms with Gasteiger partial charge in [-0.05, 0) is 24.1 Å². The first-order valence-electron chi connectivity index (χ1n) is 8.50. The van der Waals surface area contributed by atoms with E-state index in [4.69, 9.17) is 22.1 Å². The monoisotopic (exact) mass is 430 g/mol. The van der Waals surface area contributed by atoms with Crippen molar-refractivity contribution in [2.45, 2.75) is 23.3 Å². The van der Waals surface area contributed by atoms with Gasteiger partial charge >= 0.3 is 5.92 Å². The summed E-state index contributed by atoms with van der Waals surface area (Å²) in [4.78, 5) is 9.06. The molecule has 4 bridgehead atoms. The van der Waals surface area contributed by atoms with Crippen LogP contribution in [0.4, 0.5) is 20.5 Å². The van der Waals surface area contributed by atoms with E-state index in [9.17, 15) is 8.42 Å². The van der Waals surface area contributed by atoms with Gasteiger partial charge in [-0.25, -0.2) is 13.4 Å². The lowest BCUT2D eigenvalue weighted by Gasteiger charge is -2.31. The molecule has 1 atom stereocenters. The molecule has 0 amide bonds. The van der Waals surface area contributed by atoms with E-state index in [1.54, 1.807) is 4.90 Å². The van der Waals surface area contributed by atoms with Gasteiger partial charge in [0.15, 0.2) is 9.84 Å². The Morgan fingerprint density at radius 1 is 1.32 bits per heavy atom. The van der Waals surface area contributed by atoms with Crippen LogP contribution < -0.4 is 10.6 Å². The molecule has 150 valence electrons. The Hall–Kier alpha value is -2.04. The fraction of sp³-hybridized carbons (Fsp3) is 0.412. The second-order valence-electron chi connectivity index (χ2n) is 6.82. The normalized spacial score (nSPS) is 21.1. The number of nitrogens with two attached hydrogens (primary N) is 1. The van der Waals surface area contributed by atoms with Gasteiger partial charge in [-0.1, -0.05) is 11.6 Å². The van der Waals surface area contributed by atoms with Gasteiger partial charge in [-0.2, -0.15) is 13.8 Å². The van der Waals surface area contributed by atoms with Crippen LogP contribution in [-0.2, 0) is 20.5 Å². The van der Waals surface area contributed by atoms with Crippen molar-refractivity contribution in [2.24, 2.45) is 0 Å². The number of alkyl halides is 2. The summed E-state index contributed by atoms with van der Waals surface area (Å²) < 4.78 is 60.9. The molecule has 1 aromatic heterocycles. The molecule has 1 aromatic carbocycles. The molecule has 28 heavy (non-hydrogen) atoms. The number of rotatable bonds is 1. The number of halogens is 3. The summed E-state index contributed by atoms with van der Waals surface area (Å²) >= 11 is 6.36. The number of benzene rings is 1. The third-order valence-corrected chi connectivity index (χ3v) is 6.35. The minimum absolute atomic E-state index is 0.0661. The lowest BCUT2D eigenvalue weighted by molar-refractivity contribution is 0.0349. The molecule has 1 unspecified atom stereocenters. The SMILES string of the molecule is CS(=O)(=O)c1cc(Cl)c2cc1C(F)(F)c1cc(nc(N)n1)N1CCCOCC21. The number of anilines is 2. The Morgan fingerprint density at radius 2 is 2.07 bits per heavy atom. The van der Waals surface area contributed by atoms with Gasteiger partial charge in [-0.15, -0.1) is 0 Å². The first kappa shape index (κ1) is 19.3. The Bertz CT molecular complexity index is 1060. The van der Waals surface area contributed by atoms with Crippen molar-refractivity contribution in [3.8, 4) is 0 Å². The van der Waals surface area contributed by atoms with E-state index >= 15 is 8.78 Å². The summed E-state index contributed by atoms with van der Waals surface area (Å²) in [6.07, 6.45) is 1.51. The molecule has 11 heteroatoms. The maximum absolute atomic E-state index is 15.4. The van der Waals surface area contributed by atoms with Crippen molar-refractivity contribution < 1.29 is 21.9 Å². The lowest BCUT2D eigenvalue weighted by Crippen LogP contribution is -2.31. The van der Waals surface area contributed by atoms with Crippen LogP contribution in [0.5, 0.6) is 0 Å². The fourth-order valence-electron chi connectivity index (χ4n) is 3.59. The van der Waals surface area contributed by atoms with Crippen molar-refractivity contribution in [3.63, 3.8) is 0 Å². The van der Waals surface area contributed by atoms with Crippen LogP contribution in [0.2, 0.25) is 5.02 Å². The zero-order chi connectivity index (χ0) is 20.3. The van der Waals surface area contributed by atoms with Gasteiger partial charge in [0, 0.05) is 36.1 Å². The number of nitrogens with zero attached hydrogens (tertiary/aromatic N) is 3. The van der Waals surface area contributed by atoms with Crippen molar-refractivity contribution in [1.82, 2.24) is 9.97 Å². The van der Waals surface area contributed by atoms with Crippen LogP contribution in [-0.4, -0.2) is 44.4 Å². The molecule has 4 rings (SSSR count). The molecule has 2 aliphatic rings. The Labute approximate surface area is 165 Å². The summed E-state index contributed by atoms with van der Waals surface area (Å²) in [7, 11) is -3.99. The van der Waals surface area contributed by atoms with Crippen LogP contribution in [0.25, 0.3) is 0 Å². The third-order valence-electron chi connectivity index (χ3n) is 4.88. The van der Waals surface area contributed by atoms with Crippen molar-refractivity contribution in [1.29, 1.82) is 0 Å². The summed E-state index contributed by atoms with van der Waals surface area (Å²) in [5.74, 6) is -3.81. The van der Waals surface area contributed by atoms with Crippen LogP contribution in [0.1, 0.15) is 29.3 Å². The van der Waals surface area contributed by atoms with E-state index in [1.807, 2.05) is 0 Å². The van der Waals surface area contributed by atoms with E-state index < -0.39 is 38.0 Å². The maximum Gasteiger partial charge on any atom is 0.316 e. The average Bonchev–Trinajstić information content (AvgIpc) is 2.84. The van der Waals surface area contributed by atoms with Gasteiger partial charge in [0.05, 0.1) is 17.5 Å². The maximum atomic E-state index is 15.4. The minimum Gasteiger partial charge on any atom is -0.379 e. The topological polar surface area (TPSA) is 98.4 Å². The molecule has 1 fully saturated rings. The molecule has 0 spiro atoms. The second kappa shape index (κ2) is 6.50. The van der Waals surface area contributed by atoms with Gasteiger partial charge in [-0.3, -0.25) is 0 Å². The molecule has 7 nitrogen and oxygen atoms in total. The standard InChI is InChI=1S/C17H17ClF2N4O3S/c1-28(25,26)13-6-11(18)9-5-10(13)17(19,20)14-7-15(23-16(21)22-14)24-3-2-4-27-8-12(9)24/h5-7,12H,2-4,8H2,1H3,(H2,21,22,23). The van der Waals surface area contributed by atoms with E-state index in [0.717, 1.165) is 24.5 Å². The molecule has 0 aliphatic carbocycles. The lowest BCUT2D eigenvalue weighted by atomic mass is 9.99. The summed E-state index contributed by atoms with van der Waals surface area (Å²) in [6, 6.07) is 2.82. The van der Waals surface area contributed by atoms with Gasteiger partial charge in [0.2, 0.25) is 5.95 Å². The molecule has 0 saturated carbocycles. The summed E-state index contributed by atoms with van der Waals surface area (Å²) in [5, 5.41) is 0.0661. The smallest absolute Gasteiger partial charge is 0.316 e. The number of sulfone groups is 1. The molecular formula is C17H17ClF2N4O3S. The van der Waals surface area contributed by atoms with E-state index in [2.05, 4.69) is 9.97 Å². The number of fused-ring (bicyclic) bond motifs is 7. The number of nitrogen functional groups attached to an aromatic ring is 1. The van der Waals surface area contributed by atoms with Gasteiger partial charge in [0.25, 0.3) is 0 Å². The summed E-state index contributed by atoms with van der Waals surface area (Å²) in [5.41, 5.74) is 4.69. The second-order valence-corrected chi connectivity index (χ2v) is 9.22. The highest BCUT2D eigenvalue weighted by atomic mass is 35.5. The minimum atomic E-state index is -3.99. The molecule has 0 radical (unpaired) electrons. The largest absolute Gasteiger partial charge is 0.379 e. The molecule has 3 heterocycles. The highest BCUT2D eigenvalue weighted by molar-refractivity contribution is 7.90. The average molecular weight is 431 g/mol. The van der Waals surface area contributed by atoms with E-state index in [1.165, 1.54) is 0 Å². The van der Waals surface area contributed by atoms with Crippen molar-refractivity contribution in [2.75, 3.05) is 36.6 Å². The van der Waals surface area contributed by atoms with Crippen LogP contribution in [0.3, 0.4) is 0 Å². The number of hydrogen-bond donors (Lipinski definition) is 1. The van der Waals surface area contributed by atoms with Crippen molar-refractivity contribution >= 4 is 33.2 Å². The van der Waals surface area contributed by atoms with Crippen molar-refractivity contribution in [3.05, 3.63) is 40.0 Å². The van der Waals surface area contributed by atoms with Crippen LogP contribution in [0, 0.1) is 0 Å². The predicted octanol–water partition coefficient (Wildman–Crippen LogP) is 2.54. The fourth-order valence-corrected chi connectivity index (χ4v) is 4.86. The van der Waals surface area contributed by atoms with Gasteiger partial charge in [0.1, 0.15) is 11.5 Å². The highest BCUT2D eigenvalue weighted by Crippen LogP contribution is 2.45. The first-order valence-corrected chi connectivity index (χ1v) is 10.8. The number of ether oxygens (including phenoxy) is 1. The highest BCUT2D eigenvalue weighted by Gasteiger charge is 2.43. The van der Waals surface area contributed by atoms with Crippen LogP contribution in [0.15, 0.2) is 23.1 Å². The molecule has 1 saturated heterocycles. The number of hydrogen-bond acceptors (Lipinski definition) is 7. The van der Waals surface area contributed by atoms with E-state index in [-0.39, 0.29) is 23.4 Å². The molecular weight excluding hydrogens is 414 g/mol. The van der Waals surface area contributed by atoms with Gasteiger partial charge < -0.3 is 15.4 Å². The zero-order valence-corrected chi connectivity index (χ0v) is 16.4. The summed E-state index contributed by atoms with van der Waals surface area (Å²) in [6.45, 7) is 1.15.